The Morgan fingerprint density at radius 2 is 1.93 bits per heavy atom. The molecule has 216 valence electrons. The van der Waals surface area contributed by atoms with Crippen molar-refractivity contribution in [3.8, 4) is 22.8 Å². The van der Waals surface area contributed by atoms with E-state index in [1.165, 1.54) is 12.1 Å². The predicted molar refractivity (Wildman–Crippen MR) is 158 cm³/mol. The number of primary amides is 1. The first kappa shape index (κ1) is 27.9. The second-order valence-corrected chi connectivity index (χ2v) is 11.7. The first-order chi connectivity index (χ1) is 20.0. The van der Waals surface area contributed by atoms with E-state index in [2.05, 4.69) is 10.3 Å². The first-order valence-electron chi connectivity index (χ1n) is 13.8. The summed E-state index contributed by atoms with van der Waals surface area (Å²) < 4.78 is 25.7. The van der Waals surface area contributed by atoms with E-state index in [0.717, 1.165) is 18.2 Å². The van der Waals surface area contributed by atoms with Crippen LogP contribution in [0.5, 0.6) is 11.5 Å². The van der Waals surface area contributed by atoms with Crippen LogP contribution in [0.4, 0.5) is 4.39 Å². The highest BCUT2D eigenvalue weighted by Crippen LogP contribution is 2.45. The van der Waals surface area contributed by atoms with Gasteiger partial charge in [0.25, 0.3) is 5.91 Å². The number of nitrogens with one attached hydrogen (secondary N) is 1. The number of fused-ring (bicyclic) bond motifs is 2. The number of hydrogen-bond acceptors (Lipinski definition) is 6. The van der Waals surface area contributed by atoms with Crippen LogP contribution in [0.1, 0.15) is 59.9 Å². The van der Waals surface area contributed by atoms with Crippen molar-refractivity contribution in [3.63, 3.8) is 0 Å². The van der Waals surface area contributed by atoms with Crippen LogP contribution in [0.3, 0.4) is 0 Å². The molecule has 8 nitrogen and oxygen atoms in total. The second kappa shape index (κ2) is 10.5. The minimum Gasteiger partial charge on any atom is -0.489 e. The Bertz CT molecular complexity index is 1740. The highest BCUT2D eigenvalue weighted by Gasteiger charge is 2.44. The number of halogens is 2. The van der Waals surface area contributed by atoms with E-state index in [1.807, 2.05) is 19.9 Å². The van der Waals surface area contributed by atoms with Gasteiger partial charge in [0.15, 0.2) is 0 Å². The number of nitrogens with zero attached hydrogens (tertiary/aromatic N) is 2. The van der Waals surface area contributed by atoms with Crippen molar-refractivity contribution in [2.75, 3.05) is 13.2 Å². The summed E-state index contributed by atoms with van der Waals surface area (Å²) >= 11 is 6.34. The number of amides is 2. The topological polar surface area (TPSA) is 116 Å². The summed E-state index contributed by atoms with van der Waals surface area (Å²) in [5.74, 6) is -0.426. The van der Waals surface area contributed by atoms with Gasteiger partial charge in [0.2, 0.25) is 5.91 Å². The molecule has 3 N–H and O–H groups in total. The van der Waals surface area contributed by atoms with E-state index < -0.39 is 11.3 Å². The maximum atomic E-state index is 13.7. The van der Waals surface area contributed by atoms with E-state index in [4.69, 9.17) is 31.8 Å². The van der Waals surface area contributed by atoms with E-state index in [-0.39, 0.29) is 36.9 Å². The highest BCUT2D eigenvalue weighted by atomic mass is 35.5. The Hall–Kier alpha value is -4.24. The molecule has 2 atom stereocenters. The molecule has 1 aliphatic heterocycles. The van der Waals surface area contributed by atoms with E-state index in [9.17, 15) is 14.0 Å². The van der Waals surface area contributed by atoms with Gasteiger partial charge in [-0.1, -0.05) is 18.5 Å². The lowest BCUT2D eigenvalue weighted by Gasteiger charge is -2.21. The van der Waals surface area contributed by atoms with Crippen molar-refractivity contribution in [1.29, 1.82) is 0 Å². The van der Waals surface area contributed by atoms with Crippen LogP contribution in [0, 0.1) is 12.7 Å². The average molecular weight is 589 g/mol. The predicted octanol–water partition coefficient (Wildman–Crippen LogP) is 5.61. The Morgan fingerprint density at radius 3 is 2.62 bits per heavy atom. The quantitative estimate of drug-likeness (QED) is 0.276. The molecule has 10 heteroatoms. The summed E-state index contributed by atoms with van der Waals surface area (Å²) in [4.78, 5) is 35.3. The van der Waals surface area contributed by atoms with Crippen LogP contribution >= 0.6 is 11.6 Å². The molecule has 2 amide bonds. The van der Waals surface area contributed by atoms with Crippen molar-refractivity contribution >= 4 is 34.3 Å². The van der Waals surface area contributed by atoms with E-state index in [0.29, 0.717) is 55.8 Å². The number of aryl methyl sites for hydroxylation is 1. The van der Waals surface area contributed by atoms with Crippen molar-refractivity contribution in [1.82, 2.24) is 15.3 Å². The average Bonchev–Trinajstić information content (AvgIpc) is 3.72. The summed E-state index contributed by atoms with van der Waals surface area (Å²) in [5.41, 5.74) is 8.89. The number of nitrogens with two attached hydrogens (primary N) is 1. The first-order valence-corrected chi connectivity index (χ1v) is 14.2. The van der Waals surface area contributed by atoms with Gasteiger partial charge in [-0.2, -0.15) is 0 Å². The van der Waals surface area contributed by atoms with Gasteiger partial charge in [-0.05, 0) is 75.2 Å². The minimum atomic E-state index is -1.05. The molecule has 4 aromatic rings. The fourth-order valence-corrected chi connectivity index (χ4v) is 5.18. The molecular formula is C32H30ClFN4O4. The fourth-order valence-electron chi connectivity index (χ4n) is 5.02. The van der Waals surface area contributed by atoms with Crippen LogP contribution < -0.4 is 20.5 Å². The largest absolute Gasteiger partial charge is 0.489 e. The lowest BCUT2D eigenvalue weighted by atomic mass is 9.82. The van der Waals surface area contributed by atoms with Crippen molar-refractivity contribution in [2.24, 2.45) is 5.73 Å². The summed E-state index contributed by atoms with van der Waals surface area (Å²) in [6, 6.07) is 13.0. The number of rotatable bonds is 8. The van der Waals surface area contributed by atoms with Gasteiger partial charge in [-0.15, -0.1) is 0 Å². The number of aromatic nitrogens is 2. The van der Waals surface area contributed by atoms with Crippen molar-refractivity contribution < 1.29 is 23.5 Å². The zero-order valence-corrected chi connectivity index (χ0v) is 24.2. The molecule has 3 heterocycles. The molecule has 0 spiro atoms. The Morgan fingerprint density at radius 1 is 1.19 bits per heavy atom. The number of ether oxygens (including phenoxy) is 2. The summed E-state index contributed by atoms with van der Waals surface area (Å²) in [6.45, 7) is 5.82. The Kier molecular flexibility index (Phi) is 7.01. The number of benzene rings is 2. The van der Waals surface area contributed by atoms with Crippen LogP contribution in [0.15, 0.2) is 48.5 Å². The van der Waals surface area contributed by atoms with Crippen LogP contribution in [-0.4, -0.2) is 41.0 Å². The molecule has 0 unspecified atom stereocenters. The second-order valence-electron chi connectivity index (χ2n) is 11.3. The number of carbonyl (C=O) groups is 2. The third-order valence-electron chi connectivity index (χ3n) is 7.92. The lowest BCUT2D eigenvalue weighted by molar-refractivity contribution is -0.123. The zero-order chi connectivity index (χ0) is 29.8. The molecule has 2 aliphatic rings. The minimum absolute atomic E-state index is 0.0771. The fraction of sp³-hybridized carbons (Fsp3) is 0.312. The van der Waals surface area contributed by atoms with Gasteiger partial charge in [0, 0.05) is 40.2 Å². The molecule has 6 rings (SSSR count). The van der Waals surface area contributed by atoms with Gasteiger partial charge in [-0.25, -0.2) is 14.4 Å². The smallest absolute Gasteiger partial charge is 0.251 e. The van der Waals surface area contributed by atoms with Gasteiger partial charge < -0.3 is 20.5 Å². The summed E-state index contributed by atoms with van der Waals surface area (Å²) in [6.07, 6.45) is 2.06. The molecule has 2 aromatic carbocycles. The molecule has 1 aliphatic carbocycles. The third-order valence-corrected chi connectivity index (χ3v) is 8.30. The van der Waals surface area contributed by atoms with Gasteiger partial charge >= 0.3 is 0 Å². The molecule has 1 saturated carbocycles. The number of hydrogen-bond donors (Lipinski definition) is 2. The standard InChI is InChI=1S/C32H30ClFN4O4/c1-16(14-36-30(39)20-10-19-11-24(33)17(2)37-27(19)26(12-20)42-22-8-9-22)25-13-23-29(41-15-32(23,3)31(35)40)28(38-25)18-4-6-21(34)7-5-18/h4-7,10-13,16,22H,8-9,14-15H2,1-3H3,(H2,35,40)(H,36,39)/t16-,32+/m1/s1. The number of pyridine rings is 2. The molecule has 0 saturated heterocycles. The maximum absolute atomic E-state index is 13.7. The summed E-state index contributed by atoms with van der Waals surface area (Å²) in [5, 5.41) is 4.23. The maximum Gasteiger partial charge on any atom is 0.251 e. The molecule has 42 heavy (non-hydrogen) atoms. The lowest BCUT2D eigenvalue weighted by Crippen LogP contribution is -2.39. The van der Waals surface area contributed by atoms with Gasteiger partial charge in [-0.3, -0.25) is 9.59 Å². The monoisotopic (exact) mass is 588 g/mol. The Balaban J connectivity index is 1.30. The van der Waals surface area contributed by atoms with Crippen LogP contribution in [0.2, 0.25) is 5.02 Å². The SMILES string of the molecule is Cc1nc2c(OC3CC3)cc(C(=O)NC[C@@H](C)c3cc4c(c(-c5ccc(F)cc5)n3)OC[C@]4(C)C(N)=O)cc2cc1Cl. The van der Waals surface area contributed by atoms with E-state index >= 15 is 0 Å². The normalized spacial score (nSPS) is 18.3. The van der Waals surface area contributed by atoms with Crippen molar-refractivity contribution in [3.05, 3.63) is 81.9 Å². The van der Waals surface area contributed by atoms with Gasteiger partial charge in [0.05, 0.1) is 16.8 Å². The van der Waals surface area contributed by atoms with E-state index in [1.54, 1.807) is 37.3 Å². The van der Waals surface area contributed by atoms with Crippen LogP contribution in [-0.2, 0) is 10.2 Å². The Labute approximate surface area is 247 Å². The molecule has 0 bridgehead atoms. The number of carbonyl (C=O) groups excluding carboxylic acids is 2. The molecule has 2 aromatic heterocycles. The van der Waals surface area contributed by atoms with Crippen molar-refractivity contribution in [2.45, 2.75) is 51.0 Å². The highest BCUT2D eigenvalue weighted by molar-refractivity contribution is 6.31. The zero-order valence-electron chi connectivity index (χ0n) is 23.5. The molecule has 1 fully saturated rings. The third kappa shape index (κ3) is 5.13. The molecular weight excluding hydrogens is 559 g/mol. The van der Waals surface area contributed by atoms with Crippen LogP contribution in [0.25, 0.3) is 22.2 Å². The molecule has 0 radical (unpaired) electrons. The van der Waals surface area contributed by atoms with Gasteiger partial charge in [0.1, 0.15) is 40.5 Å². The summed E-state index contributed by atoms with van der Waals surface area (Å²) in [7, 11) is 0.